The molecule has 12 heteroatoms. The van der Waals surface area contributed by atoms with Gasteiger partial charge in [-0.2, -0.15) is 0 Å². The molecule has 2 aliphatic heterocycles. The Morgan fingerprint density at radius 1 is 1.00 bits per heavy atom. The first-order valence-corrected chi connectivity index (χ1v) is 15.4. The lowest BCUT2D eigenvalue weighted by Gasteiger charge is -2.51. The second kappa shape index (κ2) is 11.9. The highest BCUT2D eigenvalue weighted by atomic mass is 32.2. The average Bonchev–Trinajstić information content (AvgIpc) is 2.95. The number of piperazine rings is 1. The molecule has 2 fully saturated rings. The van der Waals surface area contributed by atoms with Crippen LogP contribution in [0.3, 0.4) is 0 Å². The Hall–Kier alpha value is -3.74. The maximum atomic E-state index is 13.4. The van der Waals surface area contributed by atoms with Crippen molar-refractivity contribution >= 4 is 32.9 Å². The number of fused-ring (bicyclic) bond motifs is 1. The molecule has 2 amide bonds. The summed E-state index contributed by atoms with van der Waals surface area (Å²) in [5.41, 5.74) is 2.75. The minimum absolute atomic E-state index is 0.0313. The molecule has 11 nitrogen and oxygen atoms in total. The third-order valence-corrected chi connectivity index (χ3v) is 9.47. The molecule has 0 atom stereocenters. The first-order valence-electron chi connectivity index (χ1n) is 13.9. The van der Waals surface area contributed by atoms with E-state index in [1.54, 1.807) is 21.9 Å². The molecule has 42 heavy (non-hydrogen) atoms. The molecular formula is C30H37N5O6S. The van der Waals surface area contributed by atoms with Gasteiger partial charge in [0.1, 0.15) is 12.4 Å². The molecule has 1 aromatic heterocycles. The number of aromatic nitrogens is 1. The van der Waals surface area contributed by atoms with Crippen molar-refractivity contribution in [2.75, 3.05) is 53.4 Å². The number of methoxy groups -OCH3 is 1. The van der Waals surface area contributed by atoms with E-state index in [1.165, 1.54) is 19.2 Å². The predicted molar refractivity (Wildman–Crippen MR) is 158 cm³/mol. The summed E-state index contributed by atoms with van der Waals surface area (Å²) in [5.74, 6) is -0.0386. The number of pyridine rings is 1. The lowest BCUT2D eigenvalue weighted by Crippen LogP contribution is -2.73. The monoisotopic (exact) mass is 595 g/mol. The zero-order chi connectivity index (χ0) is 30.1. The minimum atomic E-state index is -4.02. The lowest BCUT2D eigenvalue weighted by molar-refractivity contribution is -0.143. The number of carbonyl (C=O) groups excluding carboxylic acids is 2. The van der Waals surface area contributed by atoms with Crippen LogP contribution in [0.2, 0.25) is 0 Å². The average molecular weight is 596 g/mol. The van der Waals surface area contributed by atoms with E-state index < -0.39 is 21.5 Å². The molecule has 3 heterocycles. The fourth-order valence-electron chi connectivity index (χ4n) is 5.52. The number of carbonyl (C=O) groups is 2. The topological polar surface area (TPSA) is 121 Å². The summed E-state index contributed by atoms with van der Waals surface area (Å²) in [6, 6.07) is 14.0. The third kappa shape index (κ3) is 6.35. The van der Waals surface area contributed by atoms with Crippen molar-refractivity contribution in [2.45, 2.75) is 37.3 Å². The van der Waals surface area contributed by atoms with E-state index >= 15 is 0 Å². The number of hydrogen-bond donors (Lipinski definition) is 1. The van der Waals surface area contributed by atoms with E-state index in [4.69, 9.17) is 9.47 Å². The van der Waals surface area contributed by atoms with Gasteiger partial charge >= 0.3 is 12.0 Å². The summed E-state index contributed by atoms with van der Waals surface area (Å²) in [7, 11) is -0.756. The molecule has 3 aromatic rings. The van der Waals surface area contributed by atoms with Crippen molar-refractivity contribution in [3.63, 3.8) is 0 Å². The number of likely N-dealkylation sites (N-methyl/N-ethyl adjacent to an activating group) is 1. The van der Waals surface area contributed by atoms with Gasteiger partial charge in [-0.05, 0) is 56.8 Å². The van der Waals surface area contributed by atoms with Gasteiger partial charge in [-0.25, -0.2) is 17.9 Å². The highest BCUT2D eigenvalue weighted by molar-refractivity contribution is 7.89. The molecular weight excluding hydrogens is 558 g/mol. The molecule has 2 aliphatic rings. The third-order valence-electron chi connectivity index (χ3n) is 7.88. The van der Waals surface area contributed by atoms with Crippen molar-refractivity contribution in [2.24, 2.45) is 0 Å². The smallest absolute Gasteiger partial charge is 0.320 e. The van der Waals surface area contributed by atoms with Gasteiger partial charge in [0, 0.05) is 55.9 Å². The number of sulfonamides is 1. The number of benzene rings is 2. The number of amides is 2. The number of nitrogens with one attached hydrogen (secondary N) is 1. The van der Waals surface area contributed by atoms with Crippen LogP contribution in [0, 0.1) is 13.8 Å². The van der Waals surface area contributed by atoms with Gasteiger partial charge in [0.25, 0.3) is 0 Å². The molecule has 0 bridgehead atoms. The minimum Gasteiger partial charge on any atom is -0.489 e. The van der Waals surface area contributed by atoms with Crippen LogP contribution in [0.1, 0.15) is 23.2 Å². The van der Waals surface area contributed by atoms with E-state index in [2.05, 4.69) is 14.6 Å². The summed E-state index contributed by atoms with van der Waals surface area (Å²) in [5, 5.41) is 1.01. The lowest BCUT2D eigenvalue weighted by atomic mass is 9.87. The van der Waals surface area contributed by atoms with Crippen molar-refractivity contribution < 1.29 is 27.5 Å². The molecule has 0 unspecified atom stereocenters. The van der Waals surface area contributed by atoms with Crippen LogP contribution in [-0.4, -0.2) is 99.1 Å². The van der Waals surface area contributed by atoms with Crippen LogP contribution in [0.15, 0.2) is 53.4 Å². The maximum absolute atomic E-state index is 13.4. The van der Waals surface area contributed by atoms with Crippen LogP contribution in [0.4, 0.5) is 4.79 Å². The normalized spacial score (nSPS) is 17.1. The quantitative estimate of drug-likeness (QED) is 0.395. The fourth-order valence-corrected chi connectivity index (χ4v) is 6.91. The molecule has 0 aliphatic carbocycles. The van der Waals surface area contributed by atoms with Gasteiger partial charge in [-0.15, -0.1) is 0 Å². The van der Waals surface area contributed by atoms with Gasteiger partial charge < -0.3 is 24.2 Å². The van der Waals surface area contributed by atoms with Crippen LogP contribution in [0.25, 0.3) is 10.9 Å². The number of rotatable bonds is 8. The zero-order valence-electron chi connectivity index (χ0n) is 24.4. The van der Waals surface area contributed by atoms with E-state index in [9.17, 15) is 18.0 Å². The number of hydrogen-bond acceptors (Lipinski definition) is 8. The highest BCUT2D eigenvalue weighted by Gasteiger charge is 2.50. The van der Waals surface area contributed by atoms with E-state index in [0.717, 1.165) is 40.8 Å². The number of urea groups is 1. The summed E-state index contributed by atoms with van der Waals surface area (Å²) >= 11 is 0. The second-order valence-corrected chi connectivity index (χ2v) is 12.9. The summed E-state index contributed by atoms with van der Waals surface area (Å²) in [4.78, 5) is 35.4. The van der Waals surface area contributed by atoms with Crippen LogP contribution >= 0.6 is 0 Å². The molecule has 1 N–H and O–H groups in total. The number of ether oxygens (including phenoxy) is 2. The number of aryl methyl sites for hydroxylation is 2. The van der Waals surface area contributed by atoms with Crippen molar-refractivity contribution in [1.82, 2.24) is 24.4 Å². The number of para-hydroxylation sites is 1. The summed E-state index contributed by atoms with van der Waals surface area (Å²) < 4.78 is 40.3. The van der Waals surface area contributed by atoms with E-state index in [0.29, 0.717) is 25.4 Å². The largest absolute Gasteiger partial charge is 0.489 e. The molecule has 224 valence electrons. The van der Waals surface area contributed by atoms with Gasteiger partial charge in [0.15, 0.2) is 0 Å². The van der Waals surface area contributed by atoms with Crippen molar-refractivity contribution in [3.8, 4) is 5.75 Å². The molecule has 0 saturated carbocycles. The Labute approximate surface area is 246 Å². The van der Waals surface area contributed by atoms with Gasteiger partial charge in [0.2, 0.25) is 10.0 Å². The van der Waals surface area contributed by atoms with Gasteiger partial charge in [-0.1, -0.05) is 18.2 Å². The first kappa shape index (κ1) is 29.7. The van der Waals surface area contributed by atoms with E-state index in [1.807, 2.05) is 45.2 Å². The molecule has 2 saturated heterocycles. The summed E-state index contributed by atoms with van der Waals surface area (Å²) in [6.07, 6.45) is -0.185. The Morgan fingerprint density at radius 3 is 2.36 bits per heavy atom. The number of esters is 1. The second-order valence-electron chi connectivity index (χ2n) is 11.2. The Kier molecular flexibility index (Phi) is 8.40. The predicted octanol–water partition coefficient (Wildman–Crippen LogP) is 2.69. The van der Waals surface area contributed by atoms with Crippen LogP contribution < -0.4 is 9.46 Å². The highest BCUT2D eigenvalue weighted by Crippen LogP contribution is 2.30. The Morgan fingerprint density at radius 2 is 1.69 bits per heavy atom. The number of likely N-dealkylation sites (tertiary alicyclic amines) is 1. The molecule has 5 rings (SSSR count). The van der Waals surface area contributed by atoms with E-state index in [-0.39, 0.29) is 30.4 Å². The Bertz CT molecular complexity index is 1580. The summed E-state index contributed by atoms with van der Waals surface area (Å²) in [6.45, 7) is 7.17. The first-order chi connectivity index (χ1) is 20.0. The number of nitrogens with zero attached hydrogens (tertiary/aromatic N) is 4. The van der Waals surface area contributed by atoms with Crippen molar-refractivity contribution in [1.29, 1.82) is 0 Å². The molecule has 0 spiro atoms. The standard InChI is InChI=1S/C30H37N5O6S/c1-21-6-5-7-26-23(16-22(2)31-28(21)26)18-41-24-8-10-25(11-9-24)42(38,39)32-30(17-27(36)40-4)19-35(20-30)29(37)34-14-12-33(3)13-15-34/h5-11,16,32H,12-15,17-20H2,1-4H3. The van der Waals surface area contributed by atoms with Gasteiger partial charge in [-0.3, -0.25) is 9.78 Å². The maximum Gasteiger partial charge on any atom is 0.320 e. The molecule has 0 radical (unpaired) electrons. The Balaban J connectivity index is 1.26. The van der Waals surface area contributed by atoms with Crippen LogP contribution in [0.5, 0.6) is 5.75 Å². The van der Waals surface area contributed by atoms with Crippen molar-refractivity contribution in [3.05, 3.63) is 65.4 Å². The van der Waals surface area contributed by atoms with Gasteiger partial charge in [0.05, 0.1) is 29.5 Å². The molecule has 2 aromatic carbocycles. The fraction of sp³-hybridized carbons (Fsp3) is 0.433. The SMILES string of the molecule is COC(=O)CC1(NS(=O)(=O)c2ccc(OCc3cc(C)nc4c(C)cccc34)cc2)CN(C(=O)N2CCN(C)CC2)C1. The van der Waals surface area contributed by atoms with Crippen LogP contribution in [-0.2, 0) is 26.2 Å². The zero-order valence-corrected chi connectivity index (χ0v) is 25.2.